The minimum atomic E-state index is -0.247. The van der Waals surface area contributed by atoms with E-state index in [1.54, 1.807) is 19.0 Å². The number of morpholine rings is 1. The predicted octanol–water partition coefficient (Wildman–Crippen LogP) is -0.0988. The maximum atomic E-state index is 12.0. The third-order valence-electron chi connectivity index (χ3n) is 3.12. The lowest BCUT2D eigenvalue weighted by Gasteiger charge is -2.44. The molecule has 0 aliphatic carbocycles. The van der Waals surface area contributed by atoms with Crippen LogP contribution >= 0.6 is 0 Å². The van der Waals surface area contributed by atoms with Gasteiger partial charge in [-0.2, -0.15) is 0 Å². The summed E-state index contributed by atoms with van der Waals surface area (Å²) in [7, 11) is 3.57. The Balaban J connectivity index is 2.73. The standard InChI is InChI=1S/C12H25N3O2/c1-9(11(16)14(4)5)15-7-10(6-13)17-12(2,3)8-15/h9-10H,6-8,13H2,1-5H3. The molecule has 1 aliphatic rings. The van der Waals surface area contributed by atoms with E-state index in [4.69, 9.17) is 10.5 Å². The molecule has 1 heterocycles. The highest BCUT2D eigenvalue weighted by Gasteiger charge is 2.36. The molecule has 0 radical (unpaired) electrons. The van der Waals surface area contributed by atoms with Crippen molar-refractivity contribution < 1.29 is 9.53 Å². The van der Waals surface area contributed by atoms with Crippen molar-refractivity contribution in [1.82, 2.24) is 9.80 Å². The van der Waals surface area contributed by atoms with Crippen LogP contribution in [-0.2, 0) is 9.53 Å². The summed E-state index contributed by atoms with van der Waals surface area (Å²) < 4.78 is 5.85. The fourth-order valence-electron chi connectivity index (χ4n) is 2.29. The van der Waals surface area contributed by atoms with Gasteiger partial charge < -0.3 is 15.4 Å². The SMILES string of the molecule is CC(C(=O)N(C)C)N1CC(CN)OC(C)(C)C1. The number of rotatable bonds is 3. The molecule has 17 heavy (non-hydrogen) atoms. The van der Waals surface area contributed by atoms with Crippen LogP contribution in [-0.4, -0.2) is 67.2 Å². The van der Waals surface area contributed by atoms with Gasteiger partial charge >= 0.3 is 0 Å². The topological polar surface area (TPSA) is 58.8 Å². The van der Waals surface area contributed by atoms with Gasteiger partial charge in [-0.15, -0.1) is 0 Å². The van der Waals surface area contributed by atoms with Crippen LogP contribution in [0.2, 0.25) is 0 Å². The van der Waals surface area contributed by atoms with Crippen LogP contribution in [0, 0.1) is 0 Å². The lowest BCUT2D eigenvalue weighted by molar-refractivity contribution is -0.154. The highest BCUT2D eigenvalue weighted by Crippen LogP contribution is 2.22. The average molecular weight is 243 g/mol. The molecule has 1 amide bonds. The fraction of sp³-hybridized carbons (Fsp3) is 0.917. The van der Waals surface area contributed by atoms with Crippen molar-refractivity contribution in [2.75, 3.05) is 33.7 Å². The molecular weight excluding hydrogens is 218 g/mol. The zero-order valence-electron chi connectivity index (χ0n) is 11.6. The molecule has 100 valence electrons. The second-order valence-corrected chi connectivity index (χ2v) is 5.57. The Kier molecular flexibility index (Phi) is 4.52. The number of ether oxygens (including phenoxy) is 1. The predicted molar refractivity (Wildman–Crippen MR) is 67.7 cm³/mol. The second-order valence-electron chi connectivity index (χ2n) is 5.57. The molecule has 1 fully saturated rings. The van der Waals surface area contributed by atoms with Gasteiger partial charge in [-0.3, -0.25) is 9.69 Å². The molecule has 0 aromatic rings. The highest BCUT2D eigenvalue weighted by atomic mass is 16.5. The Labute approximate surface area is 104 Å². The molecule has 1 saturated heterocycles. The minimum absolute atomic E-state index is 0.0103. The summed E-state index contributed by atoms with van der Waals surface area (Å²) in [6, 6.07) is -0.123. The van der Waals surface area contributed by atoms with Crippen LogP contribution in [0.4, 0.5) is 0 Å². The van der Waals surface area contributed by atoms with E-state index in [9.17, 15) is 4.79 Å². The first-order valence-electron chi connectivity index (χ1n) is 6.10. The summed E-state index contributed by atoms with van der Waals surface area (Å²) in [5.74, 6) is 0.124. The monoisotopic (exact) mass is 243 g/mol. The molecular formula is C12H25N3O2. The second kappa shape index (κ2) is 5.33. The van der Waals surface area contributed by atoms with Crippen molar-refractivity contribution in [3.05, 3.63) is 0 Å². The summed E-state index contributed by atoms with van der Waals surface area (Å²) in [4.78, 5) is 15.7. The lowest BCUT2D eigenvalue weighted by Crippen LogP contribution is -2.59. The number of hydrogen-bond acceptors (Lipinski definition) is 4. The Morgan fingerprint density at radius 1 is 1.59 bits per heavy atom. The number of amides is 1. The van der Waals surface area contributed by atoms with E-state index in [1.165, 1.54) is 0 Å². The van der Waals surface area contributed by atoms with Gasteiger partial charge in [-0.1, -0.05) is 0 Å². The summed E-state index contributed by atoms with van der Waals surface area (Å²) in [6.07, 6.45) is 0.0103. The van der Waals surface area contributed by atoms with E-state index in [2.05, 4.69) is 4.90 Å². The van der Waals surface area contributed by atoms with Gasteiger partial charge in [0.1, 0.15) is 0 Å². The van der Waals surface area contributed by atoms with Crippen LogP contribution in [0.1, 0.15) is 20.8 Å². The zero-order chi connectivity index (χ0) is 13.2. The average Bonchev–Trinajstić information content (AvgIpc) is 2.24. The van der Waals surface area contributed by atoms with E-state index < -0.39 is 0 Å². The third kappa shape index (κ3) is 3.66. The summed E-state index contributed by atoms with van der Waals surface area (Å²) in [5.41, 5.74) is 5.43. The van der Waals surface area contributed by atoms with Crippen molar-refractivity contribution in [3.63, 3.8) is 0 Å². The van der Waals surface area contributed by atoms with Crippen LogP contribution < -0.4 is 5.73 Å². The van der Waals surface area contributed by atoms with Gasteiger partial charge in [0.15, 0.2) is 0 Å². The van der Waals surface area contributed by atoms with Gasteiger partial charge in [0, 0.05) is 33.7 Å². The fourth-order valence-corrected chi connectivity index (χ4v) is 2.29. The molecule has 2 N–H and O–H groups in total. The van der Waals surface area contributed by atoms with Crippen molar-refractivity contribution in [2.45, 2.75) is 38.5 Å². The first-order chi connectivity index (χ1) is 7.76. The Morgan fingerprint density at radius 3 is 2.65 bits per heavy atom. The molecule has 1 aliphatic heterocycles. The van der Waals surface area contributed by atoms with Crippen LogP contribution in [0.3, 0.4) is 0 Å². The van der Waals surface area contributed by atoms with Crippen molar-refractivity contribution >= 4 is 5.91 Å². The summed E-state index contributed by atoms with van der Waals surface area (Å²) in [5, 5.41) is 0. The van der Waals surface area contributed by atoms with Gasteiger partial charge in [-0.25, -0.2) is 0 Å². The number of nitrogens with zero attached hydrogens (tertiary/aromatic N) is 2. The van der Waals surface area contributed by atoms with Crippen LogP contribution in [0.5, 0.6) is 0 Å². The lowest BCUT2D eigenvalue weighted by atomic mass is 10.0. The highest BCUT2D eigenvalue weighted by molar-refractivity contribution is 5.80. The maximum absolute atomic E-state index is 12.0. The smallest absolute Gasteiger partial charge is 0.239 e. The van der Waals surface area contributed by atoms with E-state index in [0.717, 1.165) is 13.1 Å². The third-order valence-corrected chi connectivity index (χ3v) is 3.12. The molecule has 0 aromatic heterocycles. The number of carbonyl (C=O) groups is 1. The first-order valence-corrected chi connectivity index (χ1v) is 6.10. The molecule has 0 spiro atoms. The number of likely N-dealkylation sites (N-methyl/N-ethyl adjacent to an activating group) is 1. The maximum Gasteiger partial charge on any atom is 0.239 e. The molecule has 5 heteroatoms. The van der Waals surface area contributed by atoms with E-state index in [-0.39, 0.29) is 23.7 Å². The molecule has 0 saturated carbocycles. The molecule has 2 unspecified atom stereocenters. The van der Waals surface area contributed by atoms with Gasteiger partial charge in [-0.05, 0) is 20.8 Å². The summed E-state index contributed by atoms with van der Waals surface area (Å²) in [6.45, 7) is 7.98. The van der Waals surface area contributed by atoms with Gasteiger partial charge in [0.2, 0.25) is 5.91 Å². The van der Waals surface area contributed by atoms with Gasteiger partial charge in [0.05, 0.1) is 17.7 Å². The van der Waals surface area contributed by atoms with Crippen LogP contribution in [0.25, 0.3) is 0 Å². The molecule has 2 atom stereocenters. The van der Waals surface area contributed by atoms with Gasteiger partial charge in [0.25, 0.3) is 0 Å². The van der Waals surface area contributed by atoms with Crippen molar-refractivity contribution in [3.8, 4) is 0 Å². The zero-order valence-corrected chi connectivity index (χ0v) is 11.6. The molecule has 1 rings (SSSR count). The largest absolute Gasteiger partial charge is 0.368 e. The van der Waals surface area contributed by atoms with Crippen molar-refractivity contribution in [2.24, 2.45) is 5.73 Å². The van der Waals surface area contributed by atoms with E-state index >= 15 is 0 Å². The quantitative estimate of drug-likeness (QED) is 0.752. The molecule has 0 aromatic carbocycles. The molecule has 0 bridgehead atoms. The van der Waals surface area contributed by atoms with Crippen LogP contribution in [0.15, 0.2) is 0 Å². The Bertz CT molecular complexity index is 279. The minimum Gasteiger partial charge on any atom is -0.368 e. The Hall–Kier alpha value is -0.650. The Morgan fingerprint density at radius 2 is 2.18 bits per heavy atom. The summed E-state index contributed by atoms with van der Waals surface area (Å²) >= 11 is 0. The molecule has 5 nitrogen and oxygen atoms in total. The van der Waals surface area contributed by atoms with E-state index in [0.29, 0.717) is 6.54 Å². The number of carbonyl (C=O) groups excluding carboxylic acids is 1. The van der Waals surface area contributed by atoms with E-state index in [1.807, 2.05) is 20.8 Å². The first kappa shape index (κ1) is 14.4. The number of nitrogens with two attached hydrogens (primary N) is 1. The van der Waals surface area contributed by atoms with Crippen molar-refractivity contribution in [1.29, 1.82) is 0 Å². The normalized spacial score (nSPS) is 26.6. The number of hydrogen-bond donors (Lipinski definition) is 1.